The number of benzene rings is 1. The van der Waals surface area contributed by atoms with Crippen molar-refractivity contribution in [2.75, 3.05) is 19.6 Å². The summed E-state index contributed by atoms with van der Waals surface area (Å²) in [5.74, 6) is 0.933. The molecule has 0 amide bonds. The van der Waals surface area contributed by atoms with Crippen LogP contribution < -0.4 is 10.6 Å². The number of unbranched alkanes of at least 4 members (excludes halogenated alkanes) is 1. The fourth-order valence-corrected chi connectivity index (χ4v) is 1.77. The minimum absolute atomic E-state index is 0. The minimum Gasteiger partial charge on any atom is -0.357 e. The third kappa shape index (κ3) is 8.40. The SMILES string of the molecule is CCCCN=C(NCC)NCCc1ccc(C)cc1.I. The average molecular weight is 389 g/mol. The molecule has 3 nitrogen and oxygen atoms in total. The predicted octanol–water partition coefficient (Wildman–Crippen LogP) is 3.51. The fourth-order valence-electron chi connectivity index (χ4n) is 1.77. The van der Waals surface area contributed by atoms with E-state index >= 15 is 0 Å². The second-order valence-corrected chi connectivity index (χ2v) is 4.78. The Balaban J connectivity index is 0.00000361. The number of guanidine groups is 1. The molecule has 0 aliphatic carbocycles. The van der Waals surface area contributed by atoms with Crippen molar-refractivity contribution in [1.29, 1.82) is 0 Å². The molecular formula is C16H28IN3. The standard InChI is InChI=1S/C16H27N3.HI/c1-4-6-12-18-16(17-5-2)19-13-11-15-9-7-14(3)8-10-15;/h7-10H,4-6,11-13H2,1-3H3,(H2,17,18,19);1H. The van der Waals surface area contributed by atoms with Crippen LogP contribution in [0.3, 0.4) is 0 Å². The second kappa shape index (κ2) is 12.0. The lowest BCUT2D eigenvalue weighted by Gasteiger charge is -2.11. The van der Waals surface area contributed by atoms with Gasteiger partial charge in [0.05, 0.1) is 0 Å². The van der Waals surface area contributed by atoms with Gasteiger partial charge in [0.2, 0.25) is 0 Å². The summed E-state index contributed by atoms with van der Waals surface area (Å²) in [5.41, 5.74) is 2.67. The van der Waals surface area contributed by atoms with E-state index in [1.807, 2.05) is 0 Å². The normalized spacial score (nSPS) is 10.8. The van der Waals surface area contributed by atoms with E-state index in [-0.39, 0.29) is 24.0 Å². The number of aryl methyl sites for hydroxylation is 1. The summed E-state index contributed by atoms with van der Waals surface area (Å²) in [5, 5.41) is 6.66. The van der Waals surface area contributed by atoms with Crippen LogP contribution in [0.2, 0.25) is 0 Å². The maximum atomic E-state index is 4.54. The Hall–Kier alpha value is -0.780. The van der Waals surface area contributed by atoms with Crippen LogP contribution in [0.15, 0.2) is 29.3 Å². The summed E-state index contributed by atoms with van der Waals surface area (Å²) in [6.45, 7) is 9.12. The van der Waals surface area contributed by atoms with Crippen LogP contribution in [0, 0.1) is 6.92 Å². The first-order valence-corrected chi connectivity index (χ1v) is 7.34. The molecule has 0 fully saturated rings. The molecule has 114 valence electrons. The molecule has 0 radical (unpaired) electrons. The van der Waals surface area contributed by atoms with Gasteiger partial charge in [-0.1, -0.05) is 43.2 Å². The van der Waals surface area contributed by atoms with Crippen LogP contribution >= 0.6 is 24.0 Å². The molecule has 0 aliphatic heterocycles. The van der Waals surface area contributed by atoms with Gasteiger partial charge in [0, 0.05) is 19.6 Å². The van der Waals surface area contributed by atoms with Gasteiger partial charge in [-0.05, 0) is 32.3 Å². The van der Waals surface area contributed by atoms with Crippen molar-refractivity contribution in [2.45, 2.75) is 40.0 Å². The average Bonchev–Trinajstić information content (AvgIpc) is 2.41. The zero-order valence-corrected chi connectivity index (χ0v) is 15.2. The monoisotopic (exact) mass is 389 g/mol. The third-order valence-electron chi connectivity index (χ3n) is 2.95. The number of nitrogens with one attached hydrogen (secondary N) is 2. The van der Waals surface area contributed by atoms with E-state index in [2.05, 4.69) is 60.7 Å². The summed E-state index contributed by atoms with van der Waals surface area (Å²) in [6, 6.07) is 8.71. The molecular weight excluding hydrogens is 361 g/mol. The Morgan fingerprint density at radius 1 is 1.10 bits per heavy atom. The highest BCUT2D eigenvalue weighted by Gasteiger charge is 1.97. The van der Waals surface area contributed by atoms with Crippen molar-refractivity contribution in [3.8, 4) is 0 Å². The van der Waals surface area contributed by atoms with Gasteiger partial charge in [-0.25, -0.2) is 0 Å². The number of halogens is 1. The van der Waals surface area contributed by atoms with E-state index in [0.29, 0.717) is 0 Å². The van der Waals surface area contributed by atoms with Gasteiger partial charge in [-0.3, -0.25) is 4.99 Å². The molecule has 4 heteroatoms. The van der Waals surface area contributed by atoms with E-state index in [4.69, 9.17) is 0 Å². The van der Waals surface area contributed by atoms with Crippen molar-refractivity contribution in [3.05, 3.63) is 35.4 Å². The molecule has 1 aromatic rings. The topological polar surface area (TPSA) is 36.4 Å². The molecule has 2 N–H and O–H groups in total. The Morgan fingerprint density at radius 3 is 2.40 bits per heavy atom. The molecule has 1 aromatic carbocycles. The first kappa shape index (κ1) is 19.2. The molecule has 0 aromatic heterocycles. The number of rotatable bonds is 7. The van der Waals surface area contributed by atoms with Crippen molar-refractivity contribution in [3.63, 3.8) is 0 Å². The van der Waals surface area contributed by atoms with E-state index < -0.39 is 0 Å². The molecule has 0 heterocycles. The van der Waals surface area contributed by atoms with Crippen LogP contribution in [0.4, 0.5) is 0 Å². The molecule has 1 rings (SSSR count). The van der Waals surface area contributed by atoms with Gasteiger partial charge in [0.25, 0.3) is 0 Å². The van der Waals surface area contributed by atoms with Crippen LogP contribution in [-0.4, -0.2) is 25.6 Å². The fraction of sp³-hybridized carbons (Fsp3) is 0.562. The van der Waals surface area contributed by atoms with Crippen LogP contribution in [0.5, 0.6) is 0 Å². The van der Waals surface area contributed by atoms with Crippen molar-refractivity contribution >= 4 is 29.9 Å². The smallest absolute Gasteiger partial charge is 0.191 e. The van der Waals surface area contributed by atoms with Gasteiger partial charge in [0.15, 0.2) is 5.96 Å². The lowest BCUT2D eigenvalue weighted by atomic mass is 10.1. The Morgan fingerprint density at radius 2 is 1.80 bits per heavy atom. The largest absolute Gasteiger partial charge is 0.357 e. The lowest BCUT2D eigenvalue weighted by Crippen LogP contribution is -2.38. The predicted molar refractivity (Wildman–Crippen MR) is 99.2 cm³/mol. The highest BCUT2D eigenvalue weighted by Crippen LogP contribution is 2.02. The van der Waals surface area contributed by atoms with E-state index in [1.165, 1.54) is 17.5 Å². The van der Waals surface area contributed by atoms with Crippen LogP contribution in [-0.2, 0) is 6.42 Å². The van der Waals surface area contributed by atoms with Gasteiger partial charge in [-0.2, -0.15) is 0 Å². The zero-order chi connectivity index (χ0) is 13.9. The lowest BCUT2D eigenvalue weighted by molar-refractivity contribution is 0.767. The van der Waals surface area contributed by atoms with Gasteiger partial charge in [0.1, 0.15) is 0 Å². The number of nitrogens with zero attached hydrogens (tertiary/aromatic N) is 1. The maximum Gasteiger partial charge on any atom is 0.191 e. The molecule has 0 unspecified atom stereocenters. The molecule has 0 atom stereocenters. The Bertz CT molecular complexity index is 374. The molecule has 20 heavy (non-hydrogen) atoms. The zero-order valence-electron chi connectivity index (χ0n) is 12.9. The van der Waals surface area contributed by atoms with E-state index in [0.717, 1.165) is 38.4 Å². The molecule has 0 saturated carbocycles. The highest BCUT2D eigenvalue weighted by atomic mass is 127. The van der Waals surface area contributed by atoms with E-state index in [1.54, 1.807) is 0 Å². The number of hydrogen-bond donors (Lipinski definition) is 2. The minimum atomic E-state index is 0. The first-order chi connectivity index (χ1) is 9.26. The van der Waals surface area contributed by atoms with E-state index in [9.17, 15) is 0 Å². The van der Waals surface area contributed by atoms with Crippen LogP contribution in [0.1, 0.15) is 37.8 Å². The number of hydrogen-bond acceptors (Lipinski definition) is 1. The summed E-state index contributed by atoms with van der Waals surface area (Å²) in [7, 11) is 0. The highest BCUT2D eigenvalue weighted by molar-refractivity contribution is 14.0. The van der Waals surface area contributed by atoms with Gasteiger partial charge >= 0.3 is 0 Å². The van der Waals surface area contributed by atoms with Gasteiger partial charge < -0.3 is 10.6 Å². The van der Waals surface area contributed by atoms with Crippen molar-refractivity contribution in [2.24, 2.45) is 4.99 Å². The second-order valence-electron chi connectivity index (χ2n) is 4.78. The first-order valence-electron chi connectivity index (χ1n) is 7.34. The summed E-state index contributed by atoms with van der Waals surface area (Å²) < 4.78 is 0. The van der Waals surface area contributed by atoms with Gasteiger partial charge in [-0.15, -0.1) is 24.0 Å². The Labute approximate surface area is 140 Å². The molecule has 0 aliphatic rings. The summed E-state index contributed by atoms with van der Waals surface area (Å²) in [4.78, 5) is 4.54. The van der Waals surface area contributed by atoms with Crippen molar-refractivity contribution in [1.82, 2.24) is 10.6 Å². The third-order valence-corrected chi connectivity index (χ3v) is 2.95. The Kier molecular flexibility index (Phi) is 11.5. The molecule has 0 saturated heterocycles. The molecule has 0 bridgehead atoms. The van der Waals surface area contributed by atoms with Crippen LogP contribution in [0.25, 0.3) is 0 Å². The van der Waals surface area contributed by atoms with Crippen molar-refractivity contribution < 1.29 is 0 Å². The quantitative estimate of drug-likeness (QED) is 0.324. The maximum absolute atomic E-state index is 4.54. The summed E-state index contributed by atoms with van der Waals surface area (Å²) in [6.07, 6.45) is 3.36. The number of aliphatic imine (C=N–C) groups is 1. The summed E-state index contributed by atoms with van der Waals surface area (Å²) >= 11 is 0. The molecule has 0 spiro atoms.